The van der Waals surface area contributed by atoms with Gasteiger partial charge in [0.05, 0.1) is 6.61 Å². The third-order valence-electron chi connectivity index (χ3n) is 2.71. The fourth-order valence-corrected chi connectivity index (χ4v) is 1.59. The van der Waals surface area contributed by atoms with Gasteiger partial charge in [-0.3, -0.25) is 4.90 Å². The molecule has 0 heterocycles. The lowest BCUT2D eigenvalue weighted by Gasteiger charge is -2.31. The average Bonchev–Trinajstić information content (AvgIpc) is 2.17. The molecule has 70 valence electrons. The van der Waals surface area contributed by atoms with E-state index in [0.29, 0.717) is 6.04 Å². The molecule has 2 nitrogen and oxygen atoms in total. The van der Waals surface area contributed by atoms with Gasteiger partial charge in [-0.15, -0.1) is 0 Å². The van der Waals surface area contributed by atoms with Crippen molar-refractivity contribution in [3.8, 4) is 0 Å². The molecule has 12 heavy (non-hydrogen) atoms. The van der Waals surface area contributed by atoms with Crippen molar-refractivity contribution in [1.29, 1.82) is 0 Å². The molecule has 0 radical (unpaired) electrons. The molecule has 0 bridgehead atoms. The molecule has 0 amide bonds. The number of likely N-dealkylation sites (N-methyl/N-ethyl adjacent to an activating group) is 1. The molecule has 0 fully saturated rings. The van der Waals surface area contributed by atoms with E-state index in [4.69, 9.17) is 5.11 Å². The SMILES string of the molecule is CC(CO)N(C)C1C=CCCC1. The quantitative estimate of drug-likeness (QED) is 0.646. The van der Waals surface area contributed by atoms with Gasteiger partial charge in [0.25, 0.3) is 0 Å². The first-order valence-corrected chi connectivity index (χ1v) is 4.75. The molecule has 0 aromatic rings. The summed E-state index contributed by atoms with van der Waals surface area (Å²) in [7, 11) is 2.08. The lowest BCUT2D eigenvalue weighted by Crippen LogP contribution is -2.40. The van der Waals surface area contributed by atoms with Crippen molar-refractivity contribution < 1.29 is 5.11 Å². The van der Waals surface area contributed by atoms with Crippen LogP contribution in [-0.4, -0.2) is 35.7 Å². The van der Waals surface area contributed by atoms with Gasteiger partial charge < -0.3 is 5.11 Å². The maximum absolute atomic E-state index is 8.97. The zero-order valence-corrected chi connectivity index (χ0v) is 8.03. The number of aliphatic hydroxyl groups excluding tert-OH is 1. The third-order valence-corrected chi connectivity index (χ3v) is 2.71. The highest BCUT2D eigenvalue weighted by Gasteiger charge is 2.17. The fraction of sp³-hybridized carbons (Fsp3) is 0.800. The Bertz CT molecular complexity index is 156. The van der Waals surface area contributed by atoms with Crippen molar-refractivity contribution in [1.82, 2.24) is 4.90 Å². The van der Waals surface area contributed by atoms with Gasteiger partial charge in [0.1, 0.15) is 0 Å². The molecule has 0 saturated heterocycles. The molecule has 0 saturated carbocycles. The molecule has 0 aliphatic heterocycles. The van der Waals surface area contributed by atoms with E-state index in [9.17, 15) is 0 Å². The molecular weight excluding hydrogens is 150 g/mol. The average molecular weight is 169 g/mol. The van der Waals surface area contributed by atoms with Gasteiger partial charge in [-0.1, -0.05) is 12.2 Å². The second-order valence-electron chi connectivity index (χ2n) is 3.62. The van der Waals surface area contributed by atoms with Gasteiger partial charge in [0.15, 0.2) is 0 Å². The summed E-state index contributed by atoms with van der Waals surface area (Å²) in [5, 5.41) is 8.97. The first kappa shape index (κ1) is 9.75. The van der Waals surface area contributed by atoms with E-state index in [0.717, 1.165) is 0 Å². The summed E-state index contributed by atoms with van der Waals surface area (Å²) in [4.78, 5) is 2.25. The monoisotopic (exact) mass is 169 g/mol. The first-order chi connectivity index (χ1) is 5.75. The number of allylic oxidation sites excluding steroid dienone is 1. The van der Waals surface area contributed by atoms with Crippen molar-refractivity contribution in [2.24, 2.45) is 0 Å². The Hall–Kier alpha value is -0.340. The van der Waals surface area contributed by atoms with Crippen LogP contribution in [0.4, 0.5) is 0 Å². The van der Waals surface area contributed by atoms with Crippen LogP contribution in [0.2, 0.25) is 0 Å². The molecule has 0 aromatic heterocycles. The minimum atomic E-state index is 0.251. The topological polar surface area (TPSA) is 23.5 Å². The van der Waals surface area contributed by atoms with Crippen LogP contribution < -0.4 is 0 Å². The number of aliphatic hydroxyl groups is 1. The van der Waals surface area contributed by atoms with E-state index >= 15 is 0 Å². The molecule has 0 aromatic carbocycles. The van der Waals surface area contributed by atoms with Gasteiger partial charge in [-0.25, -0.2) is 0 Å². The van der Waals surface area contributed by atoms with E-state index in [-0.39, 0.29) is 12.6 Å². The molecule has 1 rings (SSSR count). The highest BCUT2D eigenvalue weighted by molar-refractivity contribution is 4.98. The summed E-state index contributed by atoms with van der Waals surface area (Å²) in [6, 6.07) is 0.818. The van der Waals surface area contributed by atoms with E-state index in [1.165, 1.54) is 19.3 Å². The summed E-state index contributed by atoms with van der Waals surface area (Å²) in [6.07, 6.45) is 8.24. The third kappa shape index (κ3) is 2.32. The van der Waals surface area contributed by atoms with Crippen molar-refractivity contribution in [3.05, 3.63) is 12.2 Å². The van der Waals surface area contributed by atoms with Crippen LogP contribution in [0.5, 0.6) is 0 Å². The Morgan fingerprint density at radius 2 is 2.42 bits per heavy atom. The Morgan fingerprint density at radius 3 is 2.92 bits per heavy atom. The van der Waals surface area contributed by atoms with Gasteiger partial charge in [-0.05, 0) is 33.2 Å². The van der Waals surface area contributed by atoms with E-state index in [1.807, 2.05) is 0 Å². The van der Waals surface area contributed by atoms with E-state index < -0.39 is 0 Å². The molecule has 1 aliphatic rings. The minimum Gasteiger partial charge on any atom is -0.395 e. The van der Waals surface area contributed by atoms with Gasteiger partial charge in [-0.2, -0.15) is 0 Å². The Labute approximate surface area is 74.9 Å². The summed E-state index contributed by atoms with van der Waals surface area (Å²) in [5.41, 5.74) is 0. The normalized spacial score (nSPS) is 26.2. The lowest BCUT2D eigenvalue weighted by atomic mass is 10.0. The van der Waals surface area contributed by atoms with Crippen molar-refractivity contribution in [2.45, 2.75) is 38.3 Å². The van der Waals surface area contributed by atoms with Gasteiger partial charge in [0, 0.05) is 12.1 Å². The molecule has 1 aliphatic carbocycles. The Kier molecular flexibility index (Phi) is 3.76. The lowest BCUT2D eigenvalue weighted by molar-refractivity contribution is 0.131. The van der Waals surface area contributed by atoms with Crippen molar-refractivity contribution >= 4 is 0 Å². The maximum Gasteiger partial charge on any atom is 0.0584 e. The molecule has 2 unspecified atom stereocenters. The predicted molar refractivity (Wildman–Crippen MR) is 51.1 cm³/mol. The Balaban J connectivity index is 2.44. The Morgan fingerprint density at radius 1 is 1.67 bits per heavy atom. The number of rotatable bonds is 3. The largest absolute Gasteiger partial charge is 0.395 e. The molecule has 1 N–H and O–H groups in total. The van der Waals surface area contributed by atoms with Crippen molar-refractivity contribution in [3.63, 3.8) is 0 Å². The molecule has 0 spiro atoms. The summed E-state index contributed by atoms with van der Waals surface area (Å²) in [5.74, 6) is 0. The standard InChI is InChI=1S/C10H19NO/c1-9(8-12)11(2)10-6-4-3-5-7-10/h4,6,9-10,12H,3,5,7-8H2,1-2H3. The van der Waals surface area contributed by atoms with Crippen LogP contribution in [0.3, 0.4) is 0 Å². The van der Waals surface area contributed by atoms with E-state index in [2.05, 4.69) is 31.0 Å². The van der Waals surface area contributed by atoms with Crippen LogP contribution in [0.15, 0.2) is 12.2 Å². The zero-order chi connectivity index (χ0) is 8.97. The first-order valence-electron chi connectivity index (χ1n) is 4.75. The van der Waals surface area contributed by atoms with Crippen LogP contribution in [0.1, 0.15) is 26.2 Å². The van der Waals surface area contributed by atoms with Gasteiger partial charge in [0.2, 0.25) is 0 Å². The maximum atomic E-state index is 8.97. The second kappa shape index (κ2) is 4.63. The molecular formula is C10H19NO. The summed E-state index contributed by atoms with van der Waals surface area (Å²) >= 11 is 0. The van der Waals surface area contributed by atoms with E-state index in [1.54, 1.807) is 0 Å². The zero-order valence-electron chi connectivity index (χ0n) is 8.03. The van der Waals surface area contributed by atoms with Crippen LogP contribution >= 0.6 is 0 Å². The molecule has 2 atom stereocenters. The smallest absolute Gasteiger partial charge is 0.0584 e. The number of hydrogen-bond acceptors (Lipinski definition) is 2. The molecule has 2 heteroatoms. The van der Waals surface area contributed by atoms with Gasteiger partial charge >= 0.3 is 0 Å². The number of hydrogen-bond donors (Lipinski definition) is 1. The second-order valence-corrected chi connectivity index (χ2v) is 3.62. The predicted octanol–water partition coefficient (Wildman–Crippen LogP) is 1.41. The number of nitrogens with zero attached hydrogens (tertiary/aromatic N) is 1. The minimum absolute atomic E-state index is 0.251. The van der Waals surface area contributed by atoms with Crippen molar-refractivity contribution in [2.75, 3.05) is 13.7 Å². The van der Waals surface area contributed by atoms with Crippen LogP contribution in [0.25, 0.3) is 0 Å². The van der Waals surface area contributed by atoms with Crippen LogP contribution in [0, 0.1) is 0 Å². The fourth-order valence-electron chi connectivity index (χ4n) is 1.59. The van der Waals surface area contributed by atoms with Crippen LogP contribution in [-0.2, 0) is 0 Å². The highest BCUT2D eigenvalue weighted by Crippen LogP contribution is 2.16. The summed E-state index contributed by atoms with van der Waals surface area (Å²) < 4.78 is 0. The summed E-state index contributed by atoms with van der Waals surface area (Å²) in [6.45, 7) is 2.31. The highest BCUT2D eigenvalue weighted by atomic mass is 16.3.